The minimum absolute atomic E-state index is 0.454. The normalized spacial score (nSPS) is 15.4. The molecule has 0 aliphatic heterocycles. The maximum Gasteiger partial charge on any atom is 0.187 e. The monoisotopic (exact) mass is 375 g/mol. The van der Waals surface area contributed by atoms with E-state index in [1.54, 1.807) is 10.9 Å². The first kappa shape index (κ1) is 17.9. The quantitative estimate of drug-likeness (QED) is 0.482. The van der Waals surface area contributed by atoms with Crippen molar-refractivity contribution in [1.29, 1.82) is 0 Å². The van der Waals surface area contributed by atoms with Crippen molar-refractivity contribution >= 4 is 35.1 Å². The fourth-order valence-corrected chi connectivity index (χ4v) is 3.56. The first-order valence-electron chi connectivity index (χ1n) is 8.55. The number of hydrazone groups is 1. The van der Waals surface area contributed by atoms with Crippen molar-refractivity contribution in [3.63, 3.8) is 0 Å². The number of thiocarbonyl (C=S) groups is 1. The second-order valence-electron chi connectivity index (χ2n) is 6.22. The van der Waals surface area contributed by atoms with Crippen LogP contribution in [0.1, 0.15) is 43.4 Å². The van der Waals surface area contributed by atoms with Crippen LogP contribution >= 0.6 is 23.8 Å². The predicted octanol–water partition coefficient (Wildman–Crippen LogP) is 3.96. The average molecular weight is 376 g/mol. The number of aryl methyl sites for hydroxylation is 1. The van der Waals surface area contributed by atoms with Crippen molar-refractivity contribution in [1.82, 2.24) is 20.5 Å². The van der Waals surface area contributed by atoms with Crippen LogP contribution in [0.15, 0.2) is 35.4 Å². The Morgan fingerprint density at radius 2 is 2.00 bits per heavy atom. The molecule has 25 heavy (non-hydrogen) atoms. The van der Waals surface area contributed by atoms with Crippen LogP contribution in [-0.2, 0) is 0 Å². The molecule has 0 bridgehead atoms. The van der Waals surface area contributed by atoms with Crippen LogP contribution in [0, 0.1) is 6.92 Å². The Labute approximate surface area is 158 Å². The molecule has 1 fully saturated rings. The van der Waals surface area contributed by atoms with Gasteiger partial charge in [0.25, 0.3) is 0 Å². The topological polar surface area (TPSA) is 54.2 Å². The number of nitrogens with one attached hydrogen (secondary N) is 2. The summed E-state index contributed by atoms with van der Waals surface area (Å²) in [4.78, 5) is 0. The summed E-state index contributed by atoms with van der Waals surface area (Å²) in [7, 11) is 0. The largest absolute Gasteiger partial charge is 0.359 e. The summed E-state index contributed by atoms with van der Waals surface area (Å²) in [6.07, 6.45) is 7.84. The van der Waals surface area contributed by atoms with Gasteiger partial charge in [-0.1, -0.05) is 49.1 Å². The zero-order chi connectivity index (χ0) is 17.6. The van der Waals surface area contributed by atoms with Crippen molar-refractivity contribution in [2.75, 3.05) is 0 Å². The molecule has 7 heteroatoms. The number of hydrogen-bond acceptors (Lipinski definition) is 3. The number of halogens is 1. The van der Waals surface area contributed by atoms with E-state index >= 15 is 0 Å². The number of benzene rings is 1. The van der Waals surface area contributed by atoms with Crippen molar-refractivity contribution < 1.29 is 0 Å². The SMILES string of the molecule is Cc1nn(-c2ccccc2)c(Cl)c1/C=N/NC(=S)NC1CCCCC1. The second-order valence-corrected chi connectivity index (χ2v) is 6.98. The number of nitrogens with zero attached hydrogens (tertiary/aromatic N) is 3. The average Bonchev–Trinajstić information content (AvgIpc) is 2.91. The fraction of sp³-hybridized carbons (Fsp3) is 0.389. The van der Waals surface area contributed by atoms with E-state index in [1.165, 1.54) is 32.1 Å². The Kier molecular flexibility index (Phi) is 6.04. The summed E-state index contributed by atoms with van der Waals surface area (Å²) in [5.74, 6) is 0. The van der Waals surface area contributed by atoms with Gasteiger partial charge in [0.15, 0.2) is 5.11 Å². The zero-order valence-corrected chi connectivity index (χ0v) is 15.8. The maximum absolute atomic E-state index is 6.47. The maximum atomic E-state index is 6.47. The molecular weight excluding hydrogens is 354 g/mol. The molecule has 2 N–H and O–H groups in total. The first-order valence-corrected chi connectivity index (χ1v) is 9.34. The lowest BCUT2D eigenvalue weighted by atomic mass is 9.96. The molecule has 0 spiro atoms. The van der Waals surface area contributed by atoms with Crippen molar-refractivity contribution in [2.45, 2.75) is 45.1 Å². The molecule has 1 aliphatic rings. The van der Waals surface area contributed by atoms with Crippen molar-refractivity contribution in [3.05, 3.63) is 46.7 Å². The van der Waals surface area contributed by atoms with Gasteiger partial charge >= 0.3 is 0 Å². The molecule has 0 radical (unpaired) electrons. The number of aromatic nitrogens is 2. The standard InChI is InChI=1S/C18H22ClN5S/c1-13-16(17(19)24(23-13)15-10-6-3-7-11-15)12-20-22-18(25)21-14-8-4-2-5-9-14/h3,6-7,10-12,14H,2,4-5,8-9H2,1H3,(H2,21,22,25)/b20-12+. The van der Waals surface area contributed by atoms with Gasteiger partial charge in [0.1, 0.15) is 5.15 Å². The summed E-state index contributed by atoms with van der Waals surface area (Å²) in [5, 5.41) is 13.1. The van der Waals surface area contributed by atoms with Crippen LogP contribution in [0.5, 0.6) is 0 Å². The molecule has 132 valence electrons. The fourth-order valence-electron chi connectivity index (χ4n) is 3.02. The highest BCUT2D eigenvalue weighted by Crippen LogP contribution is 2.22. The van der Waals surface area contributed by atoms with Gasteiger partial charge in [0, 0.05) is 6.04 Å². The van der Waals surface area contributed by atoms with E-state index in [0.717, 1.165) is 16.9 Å². The van der Waals surface area contributed by atoms with Crippen LogP contribution in [-0.4, -0.2) is 27.1 Å². The van der Waals surface area contributed by atoms with Crippen LogP contribution in [0.3, 0.4) is 0 Å². The first-order chi connectivity index (χ1) is 12.1. The Bertz CT molecular complexity index is 750. The molecule has 2 aromatic rings. The molecule has 1 aliphatic carbocycles. The van der Waals surface area contributed by atoms with Gasteiger partial charge in [0.05, 0.1) is 23.2 Å². The van der Waals surface area contributed by atoms with Gasteiger partial charge in [-0.15, -0.1) is 0 Å². The molecule has 1 saturated carbocycles. The molecule has 5 nitrogen and oxygen atoms in total. The van der Waals surface area contributed by atoms with Crippen LogP contribution in [0.2, 0.25) is 5.15 Å². The van der Waals surface area contributed by atoms with Crippen molar-refractivity contribution in [2.24, 2.45) is 5.10 Å². The molecule has 1 aromatic carbocycles. The van der Waals surface area contributed by atoms with Crippen LogP contribution in [0.4, 0.5) is 0 Å². The van der Waals surface area contributed by atoms with E-state index in [4.69, 9.17) is 23.8 Å². The van der Waals surface area contributed by atoms with Gasteiger partial charge in [-0.3, -0.25) is 5.43 Å². The third-order valence-electron chi connectivity index (χ3n) is 4.35. The lowest BCUT2D eigenvalue weighted by Crippen LogP contribution is -2.40. The lowest BCUT2D eigenvalue weighted by Gasteiger charge is -2.23. The minimum atomic E-state index is 0.454. The Morgan fingerprint density at radius 3 is 2.72 bits per heavy atom. The van der Waals surface area contributed by atoms with E-state index in [0.29, 0.717) is 16.3 Å². The molecule has 0 unspecified atom stereocenters. The highest BCUT2D eigenvalue weighted by Gasteiger charge is 2.14. The third-order valence-corrected chi connectivity index (χ3v) is 4.92. The smallest absolute Gasteiger partial charge is 0.187 e. The highest BCUT2D eigenvalue weighted by molar-refractivity contribution is 7.80. The van der Waals surface area contributed by atoms with E-state index in [-0.39, 0.29) is 0 Å². The van der Waals surface area contributed by atoms with E-state index in [1.807, 2.05) is 37.3 Å². The second kappa shape index (κ2) is 8.45. The highest BCUT2D eigenvalue weighted by atomic mass is 35.5. The molecule has 0 amide bonds. The third kappa shape index (κ3) is 4.58. The Balaban J connectivity index is 1.63. The van der Waals surface area contributed by atoms with Crippen LogP contribution < -0.4 is 10.7 Å². The van der Waals surface area contributed by atoms with E-state index in [9.17, 15) is 0 Å². The summed E-state index contributed by atoms with van der Waals surface area (Å²) in [6, 6.07) is 10.2. The van der Waals surface area contributed by atoms with E-state index < -0.39 is 0 Å². The molecule has 1 aromatic heterocycles. The van der Waals surface area contributed by atoms with Gasteiger partial charge < -0.3 is 5.32 Å². The number of para-hydroxylation sites is 1. The Hall–Kier alpha value is -1.92. The summed E-state index contributed by atoms with van der Waals surface area (Å²) >= 11 is 11.8. The molecule has 0 saturated heterocycles. The summed E-state index contributed by atoms with van der Waals surface area (Å²) < 4.78 is 1.71. The zero-order valence-electron chi connectivity index (χ0n) is 14.2. The lowest BCUT2D eigenvalue weighted by molar-refractivity contribution is 0.412. The molecule has 0 atom stereocenters. The van der Waals surface area contributed by atoms with Crippen molar-refractivity contribution in [3.8, 4) is 5.69 Å². The van der Waals surface area contributed by atoms with E-state index in [2.05, 4.69) is 20.9 Å². The molecular formula is C18H22ClN5S. The van der Waals surface area contributed by atoms with Gasteiger partial charge in [-0.25, -0.2) is 4.68 Å². The number of rotatable bonds is 4. The predicted molar refractivity (Wildman–Crippen MR) is 107 cm³/mol. The van der Waals surface area contributed by atoms with Crippen LogP contribution in [0.25, 0.3) is 5.69 Å². The summed E-state index contributed by atoms with van der Waals surface area (Å²) in [5.41, 5.74) is 5.38. The van der Waals surface area contributed by atoms with Gasteiger partial charge in [0.2, 0.25) is 0 Å². The summed E-state index contributed by atoms with van der Waals surface area (Å²) in [6.45, 7) is 1.91. The molecule has 3 rings (SSSR count). The van der Waals surface area contributed by atoms with Gasteiger partial charge in [-0.2, -0.15) is 10.2 Å². The molecule has 1 heterocycles. The Morgan fingerprint density at radius 1 is 1.28 bits per heavy atom. The number of hydrogen-bond donors (Lipinski definition) is 2. The minimum Gasteiger partial charge on any atom is -0.359 e. The van der Waals surface area contributed by atoms with Gasteiger partial charge in [-0.05, 0) is 44.1 Å².